The Labute approximate surface area is 79.6 Å². The van der Waals surface area contributed by atoms with E-state index in [1.165, 1.54) is 32.1 Å². The Morgan fingerprint density at radius 3 is 2.62 bits per heavy atom. The molecule has 1 aliphatic carbocycles. The molecule has 0 spiro atoms. The van der Waals surface area contributed by atoms with Gasteiger partial charge in [0.15, 0.2) is 0 Å². The van der Waals surface area contributed by atoms with Gasteiger partial charge in [-0.05, 0) is 24.8 Å². The molecule has 1 fully saturated rings. The van der Waals surface area contributed by atoms with Crippen molar-refractivity contribution in [2.24, 2.45) is 5.92 Å². The molecule has 2 heteroatoms. The summed E-state index contributed by atoms with van der Waals surface area (Å²) >= 11 is 0. The maximum Gasteiger partial charge on any atom is 0.103 e. The molecule has 0 amide bonds. The van der Waals surface area contributed by atoms with Gasteiger partial charge in [0.05, 0.1) is 12.4 Å². The molecule has 1 aliphatic heterocycles. The molecule has 0 bridgehead atoms. The summed E-state index contributed by atoms with van der Waals surface area (Å²) in [5.41, 5.74) is 0. The van der Waals surface area contributed by atoms with Crippen molar-refractivity contribution in [3.63, 3.8) is 0 Å². The monoisotopic (exact) mass is 182 g/mol. The fraction of sp³-hybridized carbons (Fsp3) is 0.818. The molecule has 0 unspecified atom stereocenters. The van der Waals surface area contributed by atoms with E-state index in [1.54, 1.807) is 12.3 Å². The molecular weight excluding hydrogens is 164 g/mol. The molecule has 13 heavy (non-hydrogen) atoms. The molecule has 2 aliphatic rings. The summed E-state index contributed by atoms with van der Waals surface area (Å²) in [5, 5.41) is 9.44. The fourth-order valence-electron chi connectivity index (χ4n) is 2.42. The number of aliphatic hydroxyl groups excluding tert-OH is 1. The zero-order chi connectivity index (χ0) is 9.10. The number of rotatable bonds is 1. The first-order valence-electron chi connectivity index (χ1n) is 5.36. The van der Waals surface area contributed by atoms with E-state index < -0.39 is 0 Å². The molecule has 1 heterocycles. The van der Waals surface area contributed by atoms with E-state index >= 15 is 0 Å². The van der Waals surface area contributed by atoms with Crippen LogP contribution in [-0.4, -0.2) is 17.3 Å². The second-order valence-corrected chi connectivity index (χ2v) is 4.20. The molecule has 2 atom stereocenters. The van der Waals surface area contributed by atoms with Crippen LogP contribution in [0, 0.1) is 5.92 Å². The lowest BCUT2D eigenvalue weighted by atomic mass is 9.83. The van der Waals surface area contributed by atoms with Crippen molar-refractivity contribution in [2.75, 3.05) is 0 Å². The van der Waals surface area contributed by atoms with Crippen LogP contribution < -0.4 is 0 Å². The van der Waals surface area contributed by atoms with Crippen molar-refractivity contribution in [3.8, 4) is 0 Å². The number of hydrogen-bond donors (Lipinski definition) is 1. The van der Waals surface area contributed by atoms with Crippen molar-refractivity contribution in [1.82, 2.24) is 0 Å². The van der Waals surface area contributed by atoms with Gasteiger partial charge in [0.1, 0.15) is 6.10 Å². The largest absolute Gasteiger partial charge is 0.498 e. The van der Waals surface area contributed by atoms with Gasteiger partial charge in [-0.1, -0.05) is 19.3 Å². The Balaban J connectivity index is 1.88. The van der Waals surface area contributed by atoms with Gasteiger partial charge in [-0.15, -0.1) is 0 Å². The first-order valence-corrected chi connectivity index (χ1v) is 5.36. The Morgan fingerprint density at radius 1 is 1.15 bits per heavy atom. The summed E-state index contributed by atoms with van der Waals surface area (Å²) in [5.74, 6) is 0.688. The molecule has 1 N–H and O–H groups in total. The van der Waals surface area contributed by atoms with Gasteiger partial charge in [-0.2, -0.15) is 0 Å². The summed E-state index contributed by atoms with van der Waals surface area (Å²) in [4.78, 5) is 0. The van der Waals surface area contributed by atoms with Crippen molar-refractivity contribution in [3.05, 3.63) is 12.3 Å². The van der Waals surface area contributed by atoms with Crippen LogP contribution >= 0.6 is 0 Å². The maximum atomic E-state index is 9.44. The van der Waals surface area contributed by atoms with Gasteiger partial charge in [-0.3, -0.25) is 0 Å². The fourth-order valence-corrected chi connectivity index (χ4v) is 2.42. The Kier molecular flexibility index (Phi) is 2.89. The SMILES string of the molecule is O[C@H]1C=CO[C@@H](C2CCCCC2)C1. The highest BCUT2D eigenvalue weighted by atomic mass is 16.5. The van der Waals surface area contributed by atoms with Gasteiger partial charge in [0.25, 0.3) is 0 Å². The molecule has 0 aromatic heterocycles. The van der Waals surface area contributed by atoms with Crippen LogP contribution in [0.15, 0.2) is 12.3 Å². The predicted molar refractivity (Wildman–Crippen MR) is 51.2 cm³/mol. The first-order chi connectivity index (χ1) is 6.36. The van der Waals surface area contributed by atoms with E-state index in [1.807, 2.05) is 0 Å². The summed E-state index contributed by atoms with van der Waals surface area (Å²) in [6, 6.07) is 0. The molecule has 2 rings (SSSR count). The highest BCUT2D eigenvalue weighted by molar-refractivity contribution is 4.92. The van der Waals surface area contributed by atoms with Crippen molar-refractivity contribution in [2.45, 2.75) is 50.7 Å². The van der Waals surface area contributed by atoms with Crippen LogP contribution in [0.1, 0.15) is 38.5 Å². The minimum Gasteiger partial charge on any atom is -0.498 e. The second kappa shape index (κ2) is 4.14. The van der Waals surface area contributed by atoms with E-state index in [0.29, 0.717) is 5.92 Å². The average Bonchev–Trinajstić information content (AvgIpc) is 2.19. The zero-order valence-corrected chi connectivity index (χ0v) is 7.98. The third kappa shape index (κ3) is 2.25. The van der Waals surface area contributed by atoms with Gasteiger partial charge >= 0.3 is 0 Å². The lowest BCUT2D eigenvalue weighted by molar-refractivity contribution is 0.0139. The maximum absolute atomic E-state index is 9.44. The molecular formula is C11H18O2. The highest BCUT2D eigenvalue weighted by Gasteiger charge is 2.27. The van der Waals surface area contributed by atoms with E-state index in [9.17, 15) is 5.11 Å². The van der Waals surface area contributed by atoms with E-state index in [-0.39, 0.29) is 12.2 Å². The standard InChI is InChI=1S/C11H18O2/c12-10-6-7-13-11(8-10)9-4-2-1-3-5-9/h6-7,9-12H,1-5,8H2/t10-,11+/m0/s1. The van der Waals surface area contributed by atoms with Crippen LogP contribution in [0.3, 0.4) is 0 Å². The lowest BCUT2D eigenvalue weighted by Crippen LogP contribution is -2.30. The smallest absolute Gasteiger partial charge is 0.103 e. The molecule has 0 aromatic carbocycles. The Morgan fingerprint density at radius 2 is 1.92 bits per heavy atom. The molecule has 0 aromatic rings. The van der Waals surface area contributed by atoms with E-state index in [2.05, 4.69) is 0 Å². The second-order valence-electron chi connectivity index (χ2n) is 4.20. The van der Waals surface area contributed by atoms with E-state index in [4.69, 9.17) is 4.74 Å². The average molecular weight is 182 g/mol. The van der Waals surface area contributed by atoms with Crippen LogP contribution in [0.4, 0.5) is 0 Å². The lowest BCUT2D eigenvalue weighted by Gasteiger charge is -2.32. The van der Waals surface area contributed by atoms with E-state index in [0.717, 1.165) is 6.42 Å². The molecule has 1 saturated carbocycles. The van der Waals surface area contributed by atoms with Crippen molar-refractivity contribution >= 4 is 0 Å². The summed E-state index contributed by atoms with van der Waals surface area (Å²) in [6.07, 6.45) is 10.8. The molecule has 0 radical (unpaired) electrons. The van der Waals surface area contributed by atoms with Crippen molar-refractivity contribution < 1.29 is 9.84 Å². The minimum atomic E-state index is -0.277. The third-order valence-electron chi connectivity index (χ3n) is 3.20. The van der Waals surface area contributed by atoms with Gasteiger partial charge in [0.2, 0.25) is 0 Å². The number of hydrogen-bond acceptors (Lipinski definition) is 2. The molecule has 0 saturated heterocycles. The zero-order valence-electron chi connectivity index (χ0n) is 7.98. The quantitative estimate of drug-likeness (QED) is 0.674. The Hall–Kier alpha value is -0.500. The van der Waals surface area contributed by atoms with Gasteiger partial charge < -0.3 is 9.84 Å². The van der Waals surface area contributed by atoms with Crippen LogP contribution in [0.2, 0.25) is 0 Å². The first kappa shape index (κ1) is 9.07. The molecule has 2 nitrogen and oxygen atoms in total. The van der Waals surface area contributed by atoms with Crippen LogP contribution in [0.25, 0.3) is 0 Å². The number of ether oxygens (including phenoxy) is 1. The summed E-state index contributed by atoms with van der Waals surface area (Å²) < 4.78 is 5.55. The van der Waals surface area contributed by atoms with Crippen LogP contribution in [0.5, 0.6) is 0 Å². The Bertz CT molecular complexity index is 183. The minimum absolute atomic E-state index is 0.277. The summed E-state index contributed by atoms with van der Waals surface area (Å²) in [7, 11) is 0. The predicted octanol–water partition coefficient (Wildman–Crippen LogP) is 2.23. The number of aliphatic hydroxyl groups is 1. The topological polar surface area (TPSA) is 29.5 Å². The highest BCUT2D eigenvalue weighted by Crippen LogP contribution is 2.31. The van der Waals surface area contributed by atoms with Crippen LogP contribution in [-0.2, 0) is 4.74 Å². The van der Waals surface area contributed by atoms with Crippen molar-refractivity contribution in [1.29, 1.82) is 0 Å². The van der Waals surface area contributed by atoms with Gasteiger partial charge in [0, 0.05) is 6.42 Å². The summed E-state index contributed by atoms with van der Waals surface area (Å²) in [6.45, 7) is 0. The van der Waals surface area contributed by atoms with Gasteiger partial charge in [-0.25, -0.2) is 0 Å². The third-order valence-corrected chi connectivity index (χ3v) is 3.20. The molecule has 74 valence electrons. The normalized spacial score (nSPS) is 35.8.